The van der Waals surface area contributed by atoms with Gasteiger partial charge in [-0.05, 0) is 29.9 Å². The van der Waals surface area contributed by atoms with Crippen LogP contribution in [0.5, 0.6) is 0 Å². The van der Waals surface area contributed by atoms with Crippen LogP contribution in [-0.4, -0.2) is 0 Å². The van der Waals surface area contributed by atoms with Crippen LogP contribution in [0.25, 0.3) is 0 Å². The SMILES string of the molecule is CCCCCCCCCCCCc1ccsc1[N]. The minimum Gasteiger partial charge on any atom is -0.138 e. The molecule has 0 aliphatic heterocycles. The summed E-state index contributed by atoms with van der Waals surface area (Å²) in [6.45, 7) is 2.27. The average molecular weight is 265 g/mol. The number of aryl methyl sites for hydroxylation is 1. The summed E-state index contributed by atoms with van der Waals surface area (Å²) in [6, 6.07) is 2.05. The van der Waals surface area contributed by atoms with E-state index in [0.717, 1.165) is 12.0 Å². The molecular formula is C16H27NS. The van der Waals surface area contributed by atoms with Gasteiger partial charge in [0.1, 0.15) is 5.00 Å². The summed E-state index contributed by atoms with van der Waals surface area (Å²) in [7, 11) is 0. The third-order valence-electron chi connectivity index (χ3n) is 3.52. The van der Waals surface area contributed by atoms with E-state index in [1.165, 1.54) is 75.5 Å². The van der Waals surface area contributed by atoms with Gasteiger partial charge in [0, 0.05) is 0 Å². The Hall–Kier alpha value is -0.500. The van der Waals surface area contributed by atoms with E-state index in [0.29, 0.717) is 5.00 Å². The van der Waals surface area contributed by atoms with Crippen LogP contribution in [0.4, 0.5) is 5.00 Å². The molecule has 0 amide bonds. The van der Waals surface area contributed by atoms with Gasteiger partial charge >= 0.3 is 0 Å². The van der Waals surface area contributed by atoms with Crippen molar-refractivity contribution in [2.45, 2.75) is 77.6 Å². The van der Waals surface area contributed by atoms with Crippen LogP contribution in [0.15, 0.2) is 11.4 Å². The van der Waals surface area contributed by atoms with Gasteiger partial charge in [-0.3, -0.25) is 0 Å². The van der Waals surface area contributed by atoms with Crippen molar-refractivity contribution in [3.05, 3.63) is 17.0 Å². The third-order valence-corrected chi connectivity index (χ3v) is 4.28. The second kappa shape index (κ2) is 10.4. The molecule has 0 aromatic carbocycles. The molecule has 0 bridgehead atoms. The lowest BCUT2D eigenvalue weighted by atomic mass is 10.0. The van der Waals surface area contributed by atoms with Crippen molar-refractivity contribution in [1.29, 1.82) is 0 Å². The van der Waals surface area contributed by atoms with E-state index in [1.807, 2.05) is 11.4 Å². The first kappa shape index (κ1) is 15.6. The molecule has 1 aromatic heterocycles. The first-order valence-corrected chi connectivity index (χ1v) is 8.48. The number of unbranched alkanes of at least 4 members (excludes halogenated alkanes) is 9. The Kier molecular flexibility index (Phi) is 9.01. The summed E-state index contributed by atoms with van der Waals surface area (Å²) in [5.74, 6) is 0. The second-order valence-electron chi connectivity index (χ2n) is 5.18. The molecule has 0 unspecified atom stereocenters. The highest BCUT2D eigenvalue weighted by Crippen LogP contribution is 2.23. The van der Waals surface area contributed by atoms with Crippen molar-refractivity contribution >= 4 is 16.3 Å². The van der Waals surface area contributed by atoms with Crippen LogP contribution in [-0.2, 0) is 6.42 Å². The molecule has 18 heavy (non-hydrogen) atoms. The fourth-order valence-corrected chi connectivity index (χ4v) is 3.00. The third kappa shape index (κ3) is 7.05. The molecule has 0 aliphatic carbocycles. The standard InChI is InChI=1S/C16H27NS/c1-2-3-4-5-6-7-8-9-10-11-12-15-13-14-18-16(15)17/h13-14H,2-12H2,1H3. The molecule has 1 heterocycles. The Balaban J connectivity index is 1.83. The van der Waals surface area contributed by atoms with Crippen LogP contribution in [0, 0.1) is 0 Å². The average Bonchev–Trinajstić information content (AvgIpc) is 2.77. The molecule has 2 radical (unpaired) electrons. The second-order valence-corrected chi connectivity index (χ2v) is 6.08. The fraction of sp³-hybridized carbons (Fsp3) is 0.750. The topological polar surface area (TPSA) is 22.3 Å². The molecule has 0 saturated heterocycles. The lowest BCUT2D eigenvalue weighted by Gasteiger charge is -2.02. The van der Waals surface area contributed by atoms with Crippen LogP contribution in [0.1, 0.15) is 76.7 Å². The Labute approximate surface area is 117 Å². The summed E-state index contributed by atoms with van der Waals surface area (Å²) < 4.78 is 0. The normalized spacial score (nSPS) is 10.9. The van der Waals surface area contributed by atoms with Gasteiger partial charge in [-0.1, -0.05) is 64.7 Å². The van der Waals surface area contributed by atoms with Crippen molar-refractivity contribution in [2.75, 3.05) is 0 Å². The largest absolute Gasteiger partial charge is 0.142 e. The maximum absolute atomic E-state index is 9.51. The highest BCUT2D eigenvalue weighted by molar-refractivity contribution is 7.13. The molecule has 0 atom stereocenters. The zero-order valence-electron chi connectivity index (χ0n) is 11.8. The molecule has 0 spiro atoms. The number of thiophene rings is 1. The summed E-state index contributed by atoms with van der Waals surface area (Å²) in [4.78, 5) is 0. The molecule has 1 aromatic rings. The smallest absolute Gasteiger partial charge is 0.138 e. The van der Waals surface area contributed by atoms with Crippen molar-refractivity contribution < 1.29 is 0 Å². The lowest BCUT2D eigenvalue weighted by Crippen LogP contribution is -1.85. The predicted octanol–water partition coefficient (Wildman–Crippen LogP) is 5.91. The highest BCUT2D eigenvalue weighted by atomic mass is 32.1. The highest BCUT2D eigenvalue weighted by Gasteiger charge is 2.01. The van der Waals surface area contributed by atoms with E-state index in [-0.39, 0.29) is 0 Å². The Morgan fingerprint density at radius 3 is 1.94 bits per heavy atom. The molecule has 0 saturated carbocycles. The van der Waals surface area contributed by atoms with Crippen LogP contribution in [0.3, 0.4) is 0 Å². The fourth-order valence-electron chi connectivity index (χ4n) is 2.32. The van der Waals surface area contributed by atoms with Crippen LogP contribution < -0.4 is 5.73 Å². The number of rotatable bonds is 11. The molecule has 102 valence electrons. The molecular weight excluding hydrogens is 238 g/mol. The van der Waals surface area contributed by atoms with Gasteiger partial charge in [0.25, 0.3) is 0 Å². The van der Waals surface area contributed by atoms with Gasteiger partial charge in [0.2, 0.25) is 0 Å². The van der Waals surface area contributed by atoms with Crippen LogP contribution in [0.2, 0.25) is 0 Å². The first-order chi connectivity index (χ1) is 8.84. The van der Waals surface area contributed by atoms with E-state index >= 15 is 0 Å². The quantitative estimate of drug-likeness (QED) is 0.444. The maximum atomic E-state index is 9.51. The summed E-state index contributed by atoms with van der Waals surface area (Å²) >= 11 is 1.44. The van der Waals surface area contributed by atoms with Gasteiger partial charge in [-0.15, -0.1) is 17.1 Å². The molecule has 2 heteroatoms. The molecule has 0 aliphatic rings. The monoisotopic (exact) mass is 265 g/mol. The van der Waals surface area contributed by atoms with E-state index in [9.17, 15) is 5.73 Å². The van der Waals surface area contributed by atoms with E-state index in [1.54, 1.807) is 0 Å². The lowest BCUT2D eigenvalue weighted by molar-refractivity contribution is 0.556. The maximum Gasteiger partial charge on any atom is 0.142 e. The van der Waals surface area contributed by atoms with Crippen molar-refractivity contribution in [2.24, 2.45) is 0 Å². The van der Waals surface area contributed by atoms with Gasteiger partial charge in [-0.2, -0.15) is 0 Å². The minimum absolute atomic E-state index is 0.519. The Morgan fingerprint density at radius 2 is 1.44 bits per heavy atom. The van der Waals surface area contributed by atoms with Gasteiger partial charge in [0.15, 0.2) is 0 Å². The zero-order chi connectivity index (χ0) is 13.1. The zero-order valence-corrected chi connectivity index (χ0v) is 12.6. The first-order valence-electron chi connectivity index (χ1n) is 7.60. The summed E-state index contributed by atoms with van der Waals surface area (Å²) in [5, 5.41) is 2.49. The predicted molar refractivity (Wildman–Crippen MR) is 81.7 cm³/mol. The number of hydrogen-bond donors (Lipinski definition) is 0. The van der Waals surface area contributed by atoms with E-state index < -0.39 is 0 Å². The van der Waals surface area contributed by atoms with Gasteiger partial charge in [0.05, 0.1) is 0 Å². The Morgan fingerprint density at radius 1 is 0.889 bits per heavy atom. The minimum atomic E-state index is 0.519. The molecule has 1 nitrogen and oxygen atoms in total. The molecule has 1 rings (SSSR count). The van der Waals surface area contributed by atoms with Crippen molar-refractivity contribution in [3.63, 3.8) is 0 Å². The number of nitrogens with zero attached hydrogens (tertiary/aromatic N) is 1. The van der Waals surface area contributed by atoms with Gasteiger partial charge < -0.3 is 0 Å². The van der Waals surface area contributed by atoms with Crippen molar-refractivity contribution in [1.82, 2.24) is 5.73 Å². The summed E-state index contributed by atoms with van der Waals surface area (Å²) in [6.07, 6.45) is 14.8. The Bertz CT molecular complexity index is 293. The molecule has 0 fully saturated rings. The van der Waals surface area contributed by atoms with E-state index in [4.69, 9.17) is 0 Å². The summed E-state index contributed by atoms with van der Waals surface area (Å²) in [5.41, 5.74) is 10.7. The van der Waals surface area contributed by atoms with E-state index in [2.05, 4.69) is 6.92 Å². The molecule has 0 N–H and O–H groups in total. The number of hydrogen-bond acceptors (Lipinski definition) is 1. The van der Waals surface area contributed by atoms with Gasteiger partial charge in [-0.25, -0.2) is 0 Å². The van der Waals surface area contributed by atoms with Crippen LogP contribution >= 0.6 is 11.3 Å². The van der Waals surface area contributed by atoms with Crippen molar-refractivity contribution in [3.8, 4) is 0 Å².